The van der Waals surface area contributed by atoms with Gasteiger partial charge in [0, 0.05) is 26.7 Å². The zero-order valence-electron chi connectivity index (χ0n) is 17.2. The van der Waals surface area contributed by atoms with E-state index in [1.165, 1.54) is 14.1 Å². The molecule has 0 radical (unpaired) electrons. The molecule has 0 aliphatic carbocycles. The van der Waals surface area contributed by atoms with E-state index in [0.29, 0.717) is 26.0 Å². The molecule has 0 spiro atoms. The number of carbonyl (C=O) groups excluding carboxylic acids is 1. The molecule has 0 saturated carbocycles. The molecule has 2 fully saturated rings. The summed E-state index contributed by atoms with van der Waals surface area (Å²) in [5.74, 6) is 0. The first-order valence-corrected chi connectivity index (χ1v) is 11.1. The number of hydrogen-bond acceptors (Lipinski definition) is 6. The van der Waals surface area contributed by atoms with Crippen LogP contribution >= 0.6 is 12.4 Å². The number of piperidine rings is 2. The molecule has 0 aromatic heterocycles. The number of carbonyl (C=O) groups is 1. The summed E-state index contributed by atoms with van der Waals surface area (Å²) < 4.78 is 40.0. The first kappa shape index (κ1) is 25.4. The lowest BCUT2D eigenvalue weighted by Crippen LogP contribution is -2.60. The molecule has 2 N–H and O–H groups in total. The number of halogens is 1. The molecule has 0 aromatic rings. The molecule has 0 bridgehead atoms. The largest absolute Gasteiger partial charge is 0.447 e. The number of likely N-dealkylation sites (tertiary alicyclic amines) is 1. The van der Waals surface area contributed by atoms with E-state index in [2.05, 4.69) is 10.0 Å². The normalized spacial score (nSPS) is 24.3. The standard InChI is InChI=1S/C17H34N4O5S.ClH/c1-13(2)26-17(22)21-11-5-6-15(19-27(23,24)20(3)4)16(21)12-25-14-7-9-18-10-8-14;/h13-16,18-19H,5-12H2,1-4H3;1H/t15-,16-;/m0./s1. The van der Waals surface area contributed by atoms with Crippen molar-refractivity contribution in [2.45, 2.75) is 63.8 Å². The van der Waals surface area contributed by atoms with Crippen molar-refractivity contribution in [1.82, 2.24) is 19.2 Å². The third-order valence-corrected chi connectivity index (χ3v) is 6.48. The smallest absolute Gasteiger partial charge is 0.410 e. The zero-order valence-corrected chi connectivity index (χ0v) is 18.9. The van der Waals surface area contributed by atoms with E-state index in [-0.39, 0.29) is 24.6 Å². The van der Waals surface area contributed by atoms with Crippen LogP contribution in [0.4, 0.5) is 4.79 Å². The average molecular weight is 443 g/mol. The average Bonchev–Trinajstić information content (AvgIpc) is 2.60. The van der Waals surface area contributed by atoms with Crippen molar-refractivity contribution in [2.24, 2.45) is 0 Å². The molecule has 2 atom stereocenters. The minimum absolute atomic E-state index is 0. The number of ether oxygens (including phenoxy) is 2. The summed E-state index contributed by atoms with van der Waals surface area (Å²) in [5, 5.41) is 3.29. The molecule has 2 aliphatic rings. The van der Waals surface area contributed by atoms with Crippen LogP contribution in [0, 0.1) is 0 Å². The van der Waals surface area contributed by atoms with Gasteiger partial charge in [-0.2, -0.15) is 17.4 Å². The van der Waals surface area contributed by atoms with Crippen LogP contribution in [0.15, 0.2) is 0 Å². The summed E-state index contributed by atoms with van der Waals surface area (Å²) >= 11 is 0. The quantitative estimate of drug-likeness (QED) is 0.608. The summed E-state index contributed by atoms with van der Waals surface area (Å²) in [6.07, 6.45) is 2.66. The Morgan fingerprint density at radius 1 is 1.25 bits per heavy atom. The highest BCUT2D eigenvalue weighted by atomic mass is 35.5. The topological polar surface area (TPSA) is 100 Å². The van der Waals surface area contributed by atoms with Crippen LogP contribution in [0.3, 0.4) is 0 Å². The SMILES string of the molecule is CC(C)OC(=O)N1CCC[C@H](NS(=O)(=O)N(C)C)[C@@H]1COC1CCNCC1.Cl. The molecule has 1 amide bonds. The molecule has 0 unspecified atom stereocenters. The minimum Gasteiger partial charge on any atom is -0.447 e. The second-order valence-corrected chi connectivity index (χ2v) is 9.55. The highest BCUT2D eigenvalue weighted by molar-refractivity contribution is 7.87. The molecule has 11 heteroatoms. The van der Waals surface area contributed by atoms with Crippen molar-refractivity contribution in [2.75, 3.05) is 40.3 Å². The summed E-state index contributed by atoms with van der Waals surface area (Å²) in [7, 11) is -0.642. The van der Waals surface area contributed by atoms with Gasteiger partial charge in [0.05, 0.1) is 24.9 Å². The van der Waals surface area contributed by atoms with E-state index in [1.807, 2.05) is 0 Å². The van der Waals surface area contributed by atoms with Crippen molar-refractivity contribution in [3.05, 3.63) is 0 Å². The first-order valence-electron chi connectivity index (χ1n) is 9.70. The second-order valence-electron chi connectivity index (χ2n) is 7.63. The van der Waals surface area contributed by atoms with Crippen LogP contribution in [0.1, 0.15) is 39.5 Å². The maximum absolute atomic E-state index is 12.6. The van der Waals surface area contributed by atoms with Crippen LogP contribution in [0.2, 0.25) is 0 Å². The van der Waals surface area contributed by atoms with Gasteiger partial charge in [-0.25, -0.2) is 4.79 Å². The van der Waals surface area contributed by atoms with Gasteiger partial charge in [-0.15, -0.1) is 12.4 Å². The summed E-state index contributed by atoms with van der Waals surface area (Å²) in [6, 6.07) is -0.804. The Morgan fingerprint density at radius 2 is 1.89 bits per heavy atom. The molecule has 9 nitrogen and oxygen atoms in total. The lowest BCUT2D eigenvalue weighted by atomic mass is 9.98. The third kappa shape index (κ3) is 7.31. The fourth-order valence-corrected chi connectivity index (χ4v) is 4.26. The first-order chi connectivity index (χ1) is 12.7. The molecule has 28 heavy (non-hydrogen) atoms. The van der Waals surface area contributed by atoms with Crippen molar-refractivity contribution in [3.63, 3.8) is 0 Å². The molecular weight excluding hydrogens is 408 g/mol. The van der Waals surface area contributed by atoms with E-state index in [4.69, 9.17) is 9.47 Å². The van der Waals surface area contributed by atoms with Crippen molar-refractivity contribution >= 4 is 28.7 Å². The Morgan fingerprint density at radius 3 is 2.46 bits per heavy atom. The Bertz CT molecular complexity index is 584. The van der Waals surface area contributed by atoms with Gasteiger partial charge in [0.2, 0.25) is 0 Å². The Hall–Kier alpha value is -0.650. The maximum Gasteiger partial charge on any atom is 0.410 e. The second kappa shape index (κ2) is 11.5. The number of amides is 1. The van der Waals surface area contributed by atoms with Crippen molar-refractivity contribution < 1.29 is 22.7 Å². The van der Waals surface area contributed by atoms with E-state index in [9.17, 15) is 13.2 Å². The Balaban J connectivity index is 0.00000392. The number of rotatable bonds is 7. The van der Waals surface area contributed by atoms with Crippen molar-refractivity contribution in [1.29, 1.82) is 0 Å². The van der Waals surface area contributed by atoms with Gasteiger partial charge in [0.15, 0.2) is 0 Å². The predicted octanol–water partition coefficient (Wildman–Crippen LogP) is 0.951. The van der Waals surface area contributed by atoms with E-state index in [1.54, 1.807) is 18.7 Å². The van der Waals surface area contributed by atoms with E-state index in [0.717, 1.165) is 30.2 Å². The molecule has 2 heterocycles. The molecular formula is C17H35ClN4O5S. The molecule has 2 rings (SSSR count). The molecule has 2 aliphatic heterocycles. The van der Waals surface area contributed by atoms with Gasteiger partial charge in [-0.1, -0.05) is 0 Å². The third-order valence-electron chi connectivity index (χ3n) is 4.92. The summed E-state index contributed by atoms with van der Waals surface area (Å²) in [4.78, 5) is 14.2. The number of hydrogen-bond donors (Lipinski definition) is 2. The lowest BCUT2D eigenvalue weighted by molar-refractivity contribution is -0.0259. The summed E-state index contributed by atoms with van der Waals surface area (Å²) in [6.45, 7) is 6.24. The van der Waals surface area contributed by atoms with Crippen molar-refractivity contribution in [3.8, 4) is 0 Å². The minimum atomic E-state index is -3.61. The molecule has 166 valence electrons. The van der Waals surface area contributed by atoms with E-state index < -0.39 is 28.4 Å². The Labute approximate surface area is 175 Å². The van der Waals surface area contributed by atoms with Gasteiger partial charge in [0.1, 0.15) is 0 Å². The van der Waals surface area contributed by atoms with Crippen LogP contribution in [0.25, 0.3) is 0 Å². The lowest BCUT2D eigenvalue weighted by Gasteiger charge is -2.41. The van der Waals surface area contributed by atoms with Crippen LogP contribution in [-0.4, -0.2) is 88.3 Å². The number of nitrogens with zero attached hydrogens (tertiary/aromatic N) is 2. The van der Waals surface area contributed by atoms with Crippen LogP contribution < -0.4 is 10.0 Å². The number of nitrogens with one attached hydrogen (secondary N) is 2. The highest BCUT2D eigenvalue weighted by Crippen LogP contribution is 2.22. The van der Waals surface area contributed by atoms with Crippen LogP contribution in [-0.2, 0) is 19.7 Å². The van der Waals surface area contributed by atoms with Gasteiger partial charge >= 0.3 is 6.09 Å². The monoisotopic (exact) mass is 442 g/mol. The Kier molecular flexibility index (Phi) is 10.4. The highest BCUT2D eigenvalue weighted by Gasteiger charge is 2.38. The molecule has 0 aromatic carbocycles. The maximum atomic E-state index is 12.6. The zero-order chi connectivity index (χ0) is 20.0. The van der Waals surface area contributed by atoms with Crippen LogP contribution in [0.5, 0.6) is 0 Å². The van der Waals surface area contributed by atoms with Gasteiger partial charge in [-0.05, 0) is 52.6 Å². The van der Waals surface area contributed by atoms with E-state index >= 15 is 0 Å². The fourth-order valence-electron chi connectivity index (χ4n) is 3.39. The summed E-state index contributed by atoms with van der Waals surface area (Å²) in [5.41, 5.74) is 0. The van der Waals surface area contributed by atoms with Gasteiger partial charge in [0.25, 0.3) is 10.2 Å². The molecule has 2 saturated heterocycles. The fraction of sp³-hybridized carbons (Fsp3) is 0.941. The predicted molar refractivity (Wildman–Crippen MR) is 110 cm³/mol. The van der Waals surface area contributed by atoms with Gasteiger partial charge in [-0.3, -0.25) is 0 Å². The van der Waals surface area contributed by atoms with Gasteiger partial charge < -0.3 is 19.7 Å².